The highest BCUT2D eigenvalue weighted by Crippen LogP contribution is 2.30. The molecule has 2 heterocycles. The summed E-state index contributed by atoms with van der Waals surface area (Å²) in [6.07, 6.45) is 4.65. The number of unbranched alkanes of at least 4 members (excludes halogenated alkanes) is 2. The number of halogens is 1. The van der Waals surface area contributed by atoms with Gasteiger partial charge in [-0.1, -0.05) is 19.8 Å². The highest BCUT2D eigenvalue weighted by atomic mass is 35.5. The zero-order valence-corrected chi connectivity index (χ0v) is 19.7. The van der Waals surface area contributed by atoms with Crippen molar-refractivity contribution < 1.29 is 19.1 Å². The molecule has 1 aromatic carbocycles. The van der Waals surface area contributed by atoms with Gasteiger partial charge in [-0.15, -0.1) is 22.9 Å². The van der Waals surface area contributed by atoms with Crippen molar-refractivity contribution >= 4 is 40.4 Å². The zero-order chi connectivity index (χ0) is 22.2. The van der Waals surface area contributed by atoms with Gasteiger partial charge < -0.3 is 14.4 Å². The fourth-order valence-electron chi connectivity index (χ4n) is 3.80. The first kappa shape index (κ1) is 23.8. The van der Waals surface area contributed by atoms with Gasteiger partial charge in [-0.25, -0.2) is 4.79 Å². The molecule has 3 rings (SSSR count). The maximum Gasteiger partial charge on any atom is 0.348 e. The van der Waals surface area contributed by atoms with Crippen LogP contribution in [0.5, 0.6) is 0 Å². The normalized spacial score (nSPS) is 18.4. The van der Waals surface area contributed by atoms with Gasteiger partial charge >= 0.3 is 5.97 Å². The summed E-state index contributed by atoms with van der Waals surface area (Å²) in [6, 6.07) is 11.6. The van der Waals surface area contributed by atoms with Crippen LogP contribution in [0.4, 0.5) is 5.69 Å². The summed E-state index contributed by atoms with van der Waals surface area (Å²) in [5.41, 5.74) is 1.83. The first-order valence-corrected chi connectivity index (χ1v) is 12.1. The number of Topliss-reactive ketones (excluding diaryl/α,β-unsaturated/α-hetero) is 1. The Balaban J connectivity index is 1.55. The molecule has 0 N–H and O–H groups in total. The molecule has 1 aliphatic heterocycles. The first-order valence-electron chi connectivity index (χ1n) is 10.8. The molecule has 0 bridgehead atoms. The number of rotatable bonds is 11. The van der Waals surface area contributed by atoms with Crippen molar-refractivity contribution in [2.75, 3.05) is 25.2 Å². The summed E-state index contributed by atoms with van der Waals surface area (Å²) in [5.74, 6) is -0.120. The molecule has 2 atom stereocenters. The number of thiophene rings is 1. The van der Waals surface area contributed by atoms with E-state index in [-0.39, 0.29) is 23.2 Å². The van der Waals surface area contributed by atoms with Crippen molar-refractivity contribution in [3.05, 3.63) is 51.7 Å². The molecule has 1 aromatic heterocycles. The molecule has 0 unspecified atom stereocenters. The van der Waals surface area contributed by atoms with E-state index >= 15 is 0 Å². The number of anilines is 1. The second kappa shape index (κ2) is 11.7. The van der Waals surface area contributed by atoms with Crippen LogP contribution >= 0.6 is 22.9 Å². The summed E-state index contributed by atoms with van der Waals surface area (Å²) in [7, 11) is 1.38. The van der Waals surface area contributed by atoms with Gasteiger partial charge in [0.1, 0.15) is 4.88 Å². The molecule has 0 radical (unpaired) electrons. The minimum Gasteiger partial charge on any atom is -0.465 e. The van der Waals surface area contributed by atoms with E-state index in [0.717, 1.165) is 48.4 Å². The minimum absolute atomic E-state index is 0.00400. The highest BCUT2D eigenvalue weighted by molar-refractivity contribution is 7.13. The molecule has 1 fully saturated rings. The molecular formula is C24H30ClNO4S. The molecule has 31 heavy (non-hydrogen) atoms. The largest absolute Gasteiger partial charge is 0.465 e. The van der Waals surface area contributed by atoms with Gasteiger partial charge in [0.2, 0.25) is 0 Å². The van der Waals surface area contributed by atoms with E-state index in [4.69, 9.17) is 21.1 Å². The number of nitrogens with zero attached hydrogens (tertiary/aromatic N) is 1. The topological polar surface area (TPSA) is 55.8 Å². The molecule has 0 amide bonds. The third kappa shape index (κ3) is 6.31. The van der Waals surface area contributed by atoms with E-state index in [1.807, 2.05) is 30.3 Å². The molecule has 168 valence electrons. The number of ether oxygens (including phenoxy) is 2. The molecule has 0 spiro atoms. The zero-order valence-electron chi connectivity index (χ0n) is 18.1. The highest BCUT2D eigenvalue weighted by Gasteiger charge is 2.33. The number of methoxy groups -OCH3 is 1. The van der Waals surface area contributed by atoms with Crippen LogP contribution in [0.1, 0.15) is 63.9 Å². The molecule has 7 heteroatoms. The Morgan fingerprint density at radius 1 is 1.16 bits per heavy atom. The van der Waals surface area contributed by atoms with Crippen molar-refractivity contribution in [1.82, 2.24) is 0 Å². The molecule has 5 nitrogen and oxygen atoms in total. The van der Waals surface area contributed by atoms with E-state index in [0.29, 0.717) is 24.5 Å². The SMILES string of the molecule is CCCCCC(=O)c1ccc(N2CC[C@@H](Cl)[C@@H]2COCc2ccc(C(=O)OC)s2)cc1. The Bertz CT molecular complexity index is 867. The smallest absolute Gasteiger partial charge is 0.348 e. The van der Waals surface area contributed by atoms with Crippen molar-refractivity contribution in [2.45, 2.75) is 57.1 Å². The lowest BCUT2D eigenvalue weighted by Gasteiger charge is -2.28. The number of alkyl halides is 1. The van der Waals surface area contributed by atoms with Crippen LogP contribution in [0.3, 0.4) is 0 Å². The lowest BCUT2D eigenvalue weighted by atomic mass is 10.0. The monoisotopic (exact) mass is 463 g/mol. The van der Waals surface area contributed by atoms with Crippen molar-refractivity contribution in [2.24, 2.45) is 0 Å². The lowest BCUT2D eigenvalue weighted by Crippen LogP contribution is -2.37. The Kier molecular flexibility index (Phi) is 8.93. The van der Waals surface area contributed by atoms with Crippen LogP contribution in [0, 0.1) is 0 Å². The Morgan fingerprint density at radius 3 is 2.65 bits per heavy atom. The molecule has 1 aliphatic rings. The van der Waals surface area contributed by atoms with Gasteiger partial charge in [0, 0.05) is 29.1 Å². The Morgan fingerprint density at radius 2 is 1.94 bits per heavy atom. The molecule has 0 saturated carbocycles. The van der Waals surface area contributed by atoms with E-state index in [2.05, 4.69) is 11.8 Å². The maximum absolute atomic E-state index is 12.3. The fourth-order valence-corrected chi connectivity index (χ4v) is 4.97. The van der Waals surface area contributed by atoms with Crippen LogP contribution in [0.25, 0.3) is 0 Å². The standard InChI is InChI=1S/C24H30ClNO4S/c1-3-4-5-6-22(27)17-7-9-18(10-8-17)26-14-13-20(25)21(26)16-30-15-19-11-12-23(31-19)24(28)29-2/h7-12,20-21H,3-6,13-16H2,1-2H3/t20-,21+/m1/s1. The molecule has 2 aromatic rings. The predicted octanol–water partition coefficient (Wildman–Crippen LogP) is 5.70. The van der Waals surface area contributed by atoms with Crippen LogP contribution < -0.4 is 4.90 Å². The van der Waals surface area contributed by atoms with Crippen LogP contribution in [-0.2, 0) is 16.1 Å². The molecule has 0 aliphatic carbocycles. The lowest BCUT2D eigenvalue weighted by molar-refractivity contribution is 0.0606. The molecule has 1 saturated heterocycles. The van der Waals surface area contributed by atoms with Gasteiger partial charge in [0.15, 0.2) is 5.78 Å². The third-order valence-electron chi connectivity index (χ3n) is 5.57. The van der Waals surface area contributed by atoms with Crippen LogP contribution in [-0.4, -0.2) is 43.4 Å². The number of ketones is 1. The maximum atomic E-state index is 12.3. The first-order chi connectivity index (χ1) is 15.0. The number of benzene rings is 1. The predicted molar refractivity (Wildman–Crippen MR) is 126 cm³/mol. The average Bonchev–Trinajstić information content (AvgIpc) is 3.40. The fraction of sp³-hybridized carbons (Fsp3) is 0.500. The number of esters is 1. The summed E-state index contributed by atoms with van der Waals surface area (Å²) in [5, 5.41) is 0.00400. The quantitative estimate of drug-likeness (QED) is 0.185. The Hall–Kier alpha value is -1.89. The number of hydrogen-bond acceptors (Lipinski definition) is 6. The van der Waals surface area contributed by atoms with Gasteiger partial charge in [0.25, 0.3) is 0 Å². The number of carbonyl (C=O) groups is 2. The summed E-state index contributed by atoms with van der Waals surface area (Å²) in [6.45, 7) is 3.93. The number of carbonyl (C=O) groups excluding carboxylic acids is 2. The van der Waals surface area contributed by atoms with Gasteiger partial charge in [-0.05, 0) is 49.2 Å². The number of hydrogen-bond donors (Lipinski definition) is 0. The van der Waals surface area contributed by atoms with Crippen molar-refractivity contribution in [3.8, 4) is 0 Å². The van der Waals surface area contributed by atoms with E-state index in [1.165, 1.54) is 18.4 Å². The van der Waals surface area contributed by atoms with E-state index in [9.17, 15) is 9.59 Å². The minimum atomic E-state index is -0.327. The summed E-state index contributed by atoms with van der Waals surface area (Å²) in [4.78, 5) is 27.7. The molecular weight excluding hydrogens is 434 g/mol. The van der Waals surface area contributed by atoms with Crippen LogP contribution in [0.2, 0.25) is 0 Å². The third-order valence-corrected chi connectivity index (χ3v) is 7.12. The van der Waals surface area contributed by atoms with E-state index < -0.39 is 0 Å². The second-order valence-electron chi connectivity index (χ2n) is 7.77. The van der Waals surface area contributed by atoms with Crippen molar-refractivity contribution in [1.29, 1.82) is 0 Å². The summed E-state index contributed by atoms with van der Waals surface area (Å²) < 4.78 is 10.7. The van der Waals surface area contributed by atoms with Crippen LogP contribution in [0.15, 0.2) is 36.4 Å². The van der Waals surface area contributed by atoms with Gasteiger partial charge in [-0.3, -0.25) is 4.79 Å². The Labute approximate surface area is 193 Å². The van der Waals surface area contributed by atoms with Crippen molar-refractivity contribution in [3.63, 3.8) is 0 Å². The average molecular weight is 464 g/mol. The van der Waals surface area contributed by atoms with Gasteiger partial charge in [0.05, 0.1) is 31.7 Å². The van der Waals surface area contributed by atoms with E-state index in [1.54, 1.807) is 6.07 Å². The second-order valence-corrected chi connectivity index (χ2v) is 9.49. The summed E-state index contributed by atoms with van der Waals surface area (Å²) >= 11 is 7.97. The van der Waals surface area contributed by atoms with Gasteiger partial charge in [-0.2, -0.15) is 0 Å².